The molecule has 0 radical (unpaired) electrons. The Morgan fingerprint density at radius 1 is 1.45 bits per heavy atom. The first-order valence-corrected chi connectivity index (χ1v) is 7.05. The van der Waals surface area contributed by atoms with Crippen molar-refractivity contribution in [3.8, 4) is 11.4 Å². The molecule has 0 spiro atoms. The predicted octanol–water partition coefficient (Wildman–Crippen LogP) is 2.87. The van der Waals surface area contributed by atoms with E-state index in [4.69, 9.17) is 4.52 Å². The van der Waals surface area contributed by atoms with Crippen LogP contribution in [0.2, 0.25) is 0 Å². The highest BCUT2D eigenvalue weighted by Crippen LogP contribution is 2.20. The van der Waals surface area contributed by atoms with Crippen molar-refractivity contribution in [3.05, 3.63) is 35.5 Å². The molecule has 1 aromatic carbocycles. The van der Waals surface area contributed by atoms with Crippen molar-refractivity contribution in [2.75, 3.05) is 6.54 Å². The summed E-state index contributed by atoms with van der Waals surface area (Å²) < 4.78 is 18.5. The van der Waals surface area contributed by atoms with E-state index >= 15 is 0 Å². The number of halogens is 1. The van der Waals surface area contributed by atoms with Crippen LogP contribution in [0.3, 0.4) is 0 Å². The first kappa shape index (κ1) is 13.2. The van der Waals surface area contributed by atoms with Crippen LogP contribution in [-0.2, 0) is 6.42 Å². The lowest BCUT2D eigenvalue weighted by Gasteiger charge is -2.06. The van der Waals surface area contributed by atoms with E-state index in [1.807, 2.05) is 0 Å². The summed E-state index contributed by atoms with van der Waals surface area (Å²) in [4.78, 5) is 4.38. The average Bonchev–Trinajstić information content (AvgIpc) is 3.10. The fourth-order valence-electron chi connectivity index (χ4n) is 2.56. The second kappa shape index (κ2) is 5.71. The predicted molar refractivity (Wildman–Crippen MR) is 73.8 cm³/mol. The van der Waals surface area contributed by atoms with E-state index in [9.17, 15) is 4.39 Å². The molecule has 1 aromatic heterocycles. The molecule has 5 heteroatoms. The molecule has 106 valence electrons. The molecule has 1 aliphatic heterocycles. The van der Waals surface area contributed by atoms with E-state index in [0.29, 0.717) is 23.3 Å². The highest BCUT2D eigenvalue weighted by atomic mass is 19.1. The van der Waals surface area contributed by atoms with Crippen LogP contribution in [0.25, 0.3) is 11.4 Å². The van der Waals surface area contributed by atoms with Gasteiger partial charge in [0.1, 0.15) is 5.82 Å². The van der Waals surface area contributed by atoms with Crippen LogP contribution in [0.4, 0.5) is 4.39 Å². The van der Waals surface area contributed by atoms with Crippen LogP contribution in [0.1, 0.15) is 30.7 Å². The number of aryl methyl sites for hydroxylation is 2. The maximum absolute atomic E-state index is 13.2. The van der Waals surface area contributed by atoms with Crippen molar-refractivity contribution < 1.29 is 8.91 Å². The smallest absolute Gasteiger partial charge is 0.227 e. The summed E-state index contributed by atoms with van der Waals surface area (Å²) in [6.07, 6.45) is 4.27. The quantitative estimate of drug-likeness (QED) is 0.932. The SMILES string of the molecule is Cc1cc(-c2noc(CCC3CCCN3)n2)ccc1F. The van der Waals surface area contributed by atoms with Crippen LogP contribution in [0.5, 0.6) is 0 Å². The van der Waals surface area contributed by atoms with E-state index in [1.54, 1.807) is 19.1 Å². The van der Waals surface area contributed by atoms with Crippen molar-refractivity contribution in [2.24, 2.45) is 0 Å². The lowest BCUT2D eigenvalue weighted by atomic mass is 10.1. The molecule has 20 heavy (non-hydrogen) atoms. The minimum Gasteiger partial charge on any atom is -0.339 e. The Morgan fingerprint density at radius 3 is 3.10 bits per heavy atom. The van der Waals surface area contributed by atoms with E-state index in [-0.39, 0.29) is 5.82 Å². The van der Waals surface area contributed by atoms with Crippen molar-refractivity contribution in [3.63, 3.8) is 0 Å². The summed E-state index contributed by atoms with van der Waals surface area (Å²) in [6.45, 7) is 2.83. The molecule has 0 bridgehead atoms. The van der Waals surface area contributed by atoms with Gasteiger partial charge in [-0.05, 0) is 56.5 Å². The third kappa shape index (κ3) is 2.88. The van der Waals surface area contributed by atoms with Gasteiger partial charge in [0.05, 0.1) is 0 Å². The van der Waals surface area contributed by atoms with Crippen molar-refractivity contribution in [1.82, 2.24) is 15.5 Å². The summed E-state index contributed by atoms with van der Waals surface area (Å²) in [5, 5.41) is 7.42. The molecule has 1 aliphatic rings. The monoisotopic (exact) mass is 275 g/mol. The van der Waals surface area contributed by atoms with Gasteiger partial charge >= 0.3 is 0 Å². The van der Waals surface area contributed by atoms with Crippen LogP contribution < -0.4 is 5.32 Å². The number of benzene rings is 1. The normalized spacial score (nSPS) is 18.6. The summed E-state index contributed by atoms with van der Waals surface area (Å²) in [7, 11) is 0. The van der Waals surface area contributed by atoms with Crippen molar-refractivity contribution in [1.29, 1.82) is 0 Å². The topological polar surface area (TPSA) is 51.0 Å². The van der Waals surface area contributed by atoms with Gasteiger partial charge < -0.3 is 9.84 Å². The van der Waals surface area contributed by atoms with E-state index < -0.39 is 0 Å². The Kier molecular flexibility index (Phi) is 3.78. The minimum absolute atomic E-state index is 0.218. The number of nitrogens with zero attached hydrogens (tertiary/aromatic N) is 2. The summed E-state index contributed by atoms with van der Waals surface area (Å²) in [5.41, 5.74) is 1.38. The first-order valence-electron chi connectivity index (χ1n) is 7.05. The molecular weight excluding hydrogens is 257 g/mol. The lowest BCUT2D eigenvalue weighted by Crippen LogP contribution is -2.21. The molecule has 2 heterocycles. The van der Waals surface area contributed by atoms with Crippen LogP contribution in [0, 0.1) is 12.7 Å². The summed E-state index contributed by atoms with van der Waals surface area (Å²) in [5.74, 6) is 0.961. The third-order valence-corrected chi connectivity index (χ3v) is 3.75. The molecule has 1 N–H and O–H groups in total. The Balaban J connectivity index is 1.67. The molecule has 0 amide bonds. The molecule has 4 nitrogen and oxygen atoms in total. The van der Waals surface area contributed by atoms with Crippen LogP contribution in [0.15, 0.2) is 22.7 Å². The van der Waals surface area contributed by atoms with Gasteiger partial charge in [-0.1, -0.05) is 5.16 Å². The second-order valence-corrected chi connectivity index (χ2v) is 5.31. The van der Waals surface area contributed by atoms with Gasteiger partial charge in [0.25, 0.3) is 0 Å². The van der Waals surface area contributed by atoms with Gasteiger partial charge in [-0.2, -0.15) is 4.98 Å². The zero-order valence-corrected chi connectivity index (χ0v) is 11.5. The highest BCUT2D eigenvalue weighted by Gasteiger charge is 2.16. The van der Waals surface area contributed by atoms with Gasteiger partial charge in [0, 0.05) is 18.0 Å². The number of aromatic nitrogens is 2. The van der Waals surface area contributed by atoms with Gasteiger partial charge in [0.15, 0.2) is 0 Å². The number of nitrogens with one attached hydrogen (secondary N) is 1. The number of rotatable bonds is 4. The molecule has 0 saturated carbocycles. The molecular formula is C15H18FN3O. The largest absolute Gasteiger partial charge is 0.339 e. The highest BCUT2D eigenvalue weighted by molar-refractivity contribution is 5.55. The Bertz CT molecular complexity index is 591. The Labute approximate surface area is 117 Å². The zero-order chi connectivity index (χ0) is 13.9. The molecule has 0 aliphatic carbocycles. The lowest BCUT2D eigenvalue weighted by molar-refractivity contribution is 0.369. The minimum atomic E-state index is -0.218. The zero-order valence-electron chi connectivity index (χ0n) is 11.5. The van der Waals surface area contributed by atoms with Crippen LogP contribution in [-0.4, -0.2) is 22.7 Å². The molecule has 1 saturated heterocycles. The molecule has 1 atom stereocenters. The van der Waals surface area contributed by atoms with Crippen molar-refractivity contribution >= 4 is 0 Å². The van der Waals surface area contributed by atoms with E-state index in [1.165, 1.54) is 18.9 Å². The third-order valence-electron chi connectivity index (χ3n) is 3.75. The molecule has 1 unspecified atom stereocenters. The second-order valence-electron chi connectivity index (χ2n) is 5.31. The summed E-state index contributed by atoms with van der Waals surface area (Å²) >= 11 is 0. The van der Waals surface area contributed by atoms with Crippen LogP contribution >= 0.6 is 0 Å². The van der Waals surface area contributed by atoms with E-state index in [2.05, 4.69) is 15.5 Å². The van der Waals surface area contributed by atoms with Crippen molar-refractivity contribution in [2.45, 2.75) is 38.6 Å². The molecule has 1 fully saturated rings. The van der Waals surface area contributed by atoms with Gasteiger partial charge in [-0.15, -0.1) is 0 Å². The molecule has 3 rings (SSSR count). The Morgan fingerprint density at radius 2 is 2.35 bits per heavy atom. The van der Waals surface area contributed by atoms with Gasteiger partial charge in [-0.25, -0.2) is 4.39 Å². The molecule has 2 aromatic rings. The standard InChI is InChI=1S/C15H18FN3O/c1-10-9-11(4-6-13(10)16)15-18-14(20-19-15)7-5-12-3-2-8-17-12/h4,6,9,12,17H,2-3,5,7-8H2,1H3. The average molecular weight is 275 g/mol. The first-order chi connectivity index (χ1) is 9.72. The van der Waals surface area contributed by atoms with Gasteiger partial charge in [0.2, 0.25) is 11.7 Å². The maximum Gasteiger partial charge on any atom is 0.227 e. The fourth-order valence-corrected chi connectivity index (χ4v) is 2.56. The Hall–Kier alpha value is -1.75. The van der Waals surface area contributed by atoms with E-state index in [0.717, 1.165) is 24.9 Å². The number of hydrogen-bond acceptors (Lipinski definition) is 4. The fraction of sp³-hybridized carbons (Fsp3) is 0.467. The summed E-state index contributed by atoms with van der Waals surface area (Å²) in [6, 6.07) is 5.42. The van der Waals surface area contributed by atoms with Gasteiger partial charge in [-0.3, -0.25) is 0 Å². The maximum atomic E-state index is 13.2. The number of hydrogen-bond donors (Lipinski definition) is 1.